The lowest BCUT2D eigenvalue weighted by molar-refractivity contribution is 0.142. The van der Waals surface area contributed by atoms with Gasteiger partial charge in [-0.25, -0.2) is 13.6 Å². The van der Waals surface area contributed by atoms with Crippen LogP contribution in [0.1, 0.15) is 0 Å². The van der Waals surface area contributed by atoms with E-state index in [1.807, 2.05) is 24.3 Å². The van der Waals surface area contributed by atoms with E-state index in [1.54, 1.807) is 0 Å². The van der Waals surface area contributed by atoms with Gasteiger partial charge in [0, 0.05) is 46.8 Å². The number of nitrogens with one attached hydrogen (secondary N) is 1. The van der Waals surface area contributed by atoms with Crippen LogP contribution in [0.2, 0.25) is 0 Å². The number of hydrogen-bond acceptors (Lipinski definition) is 5. The number of carbonyl (C=O) groups excluding carboxylic acids is 1. The highest BCUT2D eigenvalue weighted by Gasteiger charge is 2.32. The second kappa shape index (κ2) is 8.26. The van der Waals surface area contributed by atoms with Gasteiger partial charge in [0.25, 0.3) is 6.43 Å². The molecule has 0 radical (unpaired) electrons. The molecule has 2 saturated heterocycles. The van der Waals surface area contributed by atoms with Gasteiger partial charge in [0.2, 0.25) is 0 Å². The van der Waals surface area contributed by atoms with Gasteiger partial charge in [0.1, 0.15) is 11.1 Å². The number of anilines is 2. The van der Waals surface area contributed by atoms with Gasteiger partial charge in [0.05, 0.1) is 13.1 Å². The van der Waals surface area contributed by atoms with Crippen LogP contribution in [-0.4, -0.2) is 65.5 Å². The van der Waals surface area contributed by atoms with E-state index < -0.39 is 34.4 Å². The molecule has 26 heavy (non-hydrogen) atoms. The second-order valence-corrected chi connectivity index (χ2v) is 8.15. The first kappa shape index (κ1) is 19.0. The Hall–Kier alpha value is -1.81. The summed E-state index contributed by atoms with van der Waals surface area (Å²) in [5, 5.41) is 2.42. The summed E-state index contributed by atoms with van der Waals surface area (Å²) < 4.78 is 41.4. The summed E-state index contributed by atoms with van der Waals surface area (Å²) in [6.45, 7) is 1.80. The summed E-state index contributed by atoms with van der Waals surface area (Å²) in [5.41, 5.74) is 1.69. The van der Waals surface area contributed by atoms with Crippen LogP contribution >= 0.6 is 12.2 Å². The predicted molar refractivity (Wildman–Crippen MR) is 101 cm³/mol. The molecule has 3 rings (SSSR count). The van der Waals surface area contributed by atoms with Gasteiger partial charge in [-0.05, 0) is 24.3 Å². The topological polar surface area (TPSA) is 61.9 Å². The first-order chi connectivity index (χ1) is 12.4. The van der Waals surface area contributed by atoms with Crippen LogP contribution in [0.15, 0.2) is 24.3 Å². The SMILES string of the molecule is O=C1OC(CNC(=S)C(F)F)CN1c1ccc(N2CCS(=O)CC2)cc1. The quantitative estimate of drug-likeness (QED) is 0.756. The van der Waals surface area contributed by atoms with Crippen molar-refractivity contribution in [2.45, 2.75) is 12.5 Å². The van der Waals surface area contributed by atoms with E-state index in [1.165, 1.54) is 4.90 Å². The zero-order chi connectivity index (χ0) is 18.7. The van der Waals surface area contributed by atoms with Crippen molar-refractivity contribution in [3.8, 4) is 0 Å². The monoisotopic (exact) mass is 403 g/mol. The van der Waals surface area contributed by atoms with Gasteiger partial charge >= 0.3 is 6.09 Å². The Morgan fingerprint density at radius 2 is 1.88 bits per heavy atom. The van der Waals surface area contributed by atoms with E-state index in [0.717, 1.165) is 18.8 Å². The number of alkyl halides is 2. The molecule has 0 aliphatic carbocycles. The van der Waals surface area contributed by atoms with Crippen LogP contribution in [0.5, 0.6) is 0 Å². The molecule has 6 nitrogen and oxygen atoms in total. The summed E-state index contributed by atoms with van der Waals surface area (Å²) in [7, 11) is -0.732. The minimum atomic E-state index is -2.72. The van der Waals surface area contributed by atoms with Crippen LogP contribution in [-0.2, 0) is 15.5 Å². The normalized spacial score (nSPS) is 21.2. The Morgan fingerprint density at radius 1 is 1.27 bits per heavy atom. The molecule has 2 aliphatic rings. The Labute approximate surface area is 157 Å². The van der Waals surface area contributed by atoms with Crippen LogP contribution in [0.25, 0.3) is 0 Å². The smallest absolute Gasteiger partial charge is 0.414 e. The number of benzene rings is 1. The average molecular weight is 403 g/mol. The maximum absolute atomic E-state index is 12.4. The molecule has 142 valence electrons. The summed E-state index contributed by atoms with van der Waals surface area (Å²) in [5.74, 6) is 1.32. The molecule has 2 fully saturated rings. The van der Waals surface area contributed by atoms with Gasteiger partial charge in [-0.15, -0.1) is 0 Å². The zero-order valence-electron chi connectivity index (χ0n) is 13.9. The molecule has 1 unspecified atom stereocenters. The Bertz CT molecular complexity index is 692. The molecule has 1 atom stereocenters. The Morgan fingerprint density at radius 3 is 2.50 bits per heavy atom. The molecule has 2 heterocycles. The van der Waals surface area contributed by atoms with Gasteiger partial charge in [-0.1, -0.05) is 12.2 Å². The molecule has 2 aliphatic heterocycles. The van der Waals surface area contributed by atoms with Gasteiger partial charge in [-0.2, -0.15) is 0 Å². The van der Waals surface area contributed by atoms with E-state index in [9.17, 15) is 17.8 Å². The molecule has 1 N–H and O–H groups in total. The number of halogens is 2. The molecule has 0 bridgehead atoms. The van der Waals surface area contributed by atoms with E-state index in [-0.39, 0.29) is 13.1 Å². The van der Waals surface area contributed by atoms with Crippen molar-refractivity contribution in [1.82, 2.24) is 5.32 Å². The Kier molecular flexibility index (Phi) is 6.02. The molecular weight excluding hydrogens is 384 g/mol. The van der Waals surface area contributed by atoms with Crippen LogP contribution in [0, 0.1) is 0 Å². The number of amides is 1. The van der Waals surface area contributed by atoms with Crippen molar-refractivity contribution in [3.05, 3.63) is 24.3 Å². The molecule has 10 heteroatoms. The van der Waals surface area contributed by atoms with Gasteiger partial charge < -0.3 is 15.0 Å². The van der Waals surface area contributed by atoms with Crippen molar-refractivity contribution in [1.29, 1.82) is 0 Å². The Balaban J connectivity index is 1.58. The third-order valence-corrected chi connectivity index (χ3v) is 5.88. The third kappa shape index (κ3) is 4.47. The van der Waals surface area contributed by atoms with E-state index in [4.69, 9.17) is 4.74 Å². The number of hydrogen-bond donors (Lipinski definition) is 1. The highest BCUT2D eigenvalue weighted by molar-refractivity contribution is 7.85. The van der Waals surface area contributed by atoms with Gasteiger partial charge in [0.15, 0.2) is 0 Å². The summed E-state index contributed by atoms with van der Waals surface area (Å²) >= 11 is 4.51. The summed E-state index contributed by atoms with van der Waals surface area (Å²) in [6.07, 6.45) is -3.78. The molecule has 1 aromatic carbocycles. The maximum atomic E-state index is 12.4. The number of ether oxygens (including phenoxy) is 1. The lowest BCUT2D eigenvalue weighted by Crippen LogP contribution is -2.37. The van der Waals surface area contributed by atoms with Crippen molar-refractivity contribution >= 4 is 45.5 Å². The summed E-state index contributed by atoms with van der Waals surface area (Å²) in [4.78, 5) is 15.1. The fraction of sp³-hybridized carbons (Fsp3) is 0.500. The van der Waals surface area contributed by atoms with E-state index in [2.05, 4.69) is 22.4 Å². The first-order valence-corrected chi connectivity index (χ1v) is 10.1. The maximum Gasteiger partial charge on any atom is 0.414 e. The second-order valence-electron chi connectivity index (χ2n) is 6.01. The molecule has 0 spiro atoms. The molecule has 1 aromatic rings. The molecule has 1 amide bonds. The van der Waals surface area contributed by atoms with Crippen molar-refractivity contribution in [2.75, 3.05) is 47.5 Å². The molecule has 0 saturated carbocycles. The van der Waals surface area contributed by atoms with Crippen LogP contribution < -0.4 is 15.1 Å². The van der Waals surface area contributed by atoms with E-state index >= 15 is 0 Å². The van der Waals surface area contributed by atoms with E-state index in [0.29, 0.717) is 17.2 Å². The number of thiocarbonyl (C=S) groups is 1. The third-order valence-electron chi connectivity index (χ3n) is 4.28. The predicted octanol–water partition coefficient (Wildman–Crippen LogP) is 1.76. The number of cyclic esters (lactones) is 1. The van der Waals surface area contributed by atoms with Gasteiger partial charge in [-0.3, -0.25) is 9.11 Å². The molecule has 0 aromatic heterocycles. The lowest BCUT2D eigenvalue weighted by atomic mass is 10.2. The van der Waals surface area contributed by atoms with Crippen LogP contribution in [0.4, 0.5) is 25.0 Å². The molecular formula is C16H19F2N3O3S2. The van der Waals surface area contributed by atoms with Crippen molar-refractivity contribution in [3.63, 3.8) is 0 Å². The first-order valence-electron chi connectivity index (χ1n) is 8.18. The highest BCUT2D eigenvalue weighted by Crippen LogP contribution is 2.25. The fourth-order valence-corrected chi connectivity index (χ4v) is 4.01. The average Bonchev–Trinajstić information content (AvgIpc) is 3.01. The fourth-order valence-electron chi connectivity index (χ4n) is 2.87. The largest absolute Gasteiger partial charge is 0.442 e. The van der Waals surface area contributed by atoms with Crippen molar-refractivity contribution < 1.29 is 22.5 Å². The lowest BCUT2D eigenvalue weighted by Gasteiger charge is -2.28. The van der Waals surface area contributed by atoms with Crippen molar-refractivity contribution in [2.24, 2.45) is 0 Å². The number of carbonyl (C=O) groups is 1. The summed E-state index contributed by atoms with van der Waals surface area (Å²) in [6, 6.07) is 7.46. The standard InChI is InChI=1S/C16H19F2N3O3S2/c17-14(18)15(25)19-9-13-10-21(16(22)24-13)12-3-1-11(2-4-12)20-5-7-26(23)8-6-20/h1-4,13-14H,5-10H2,(H,19,25). The highest BCUT2D eigenvalue weighted by atomic mass is 32.2. The number of rotatable bonds is 5. The zero-order valence-corrected chi connectivity index (χ0v) is 15.5. The van der Waals surface area contributed by atoms with Crippen LogP contribution in [0.3, 0.4) is 0 Å². The minimum absolute atomic E-state index is 0.0500. The minimum Gasteiger partial charge on any atom is -0.442 e. The number of nitrogens with zero attached hydrogens (tertiary/aromatic N) is 2.